The molecule has 90 valence electrons. The second-order valence-corrected chi connectivity index (χ2v) is 4.82. The van der Waals surface area contributed by atoms with Crippen molar-refractivity contribution in [1.82, 2.24) is 0 Å². The number of carbonyl (C=O) groups is 1. The van der Waals surface area contributed by atoms with Crippen LogP contribution < -0.4 is 0 Å². The molecule has 4 heteroatoms. The van der Waals surface area contributed by atoms with Gasteiger partial charge in [-0.25, -0.2) is 4.79 Å². The van der Waals surface area contributed by atoms with Crippen molar-refractivity contribution in [2.24, 2.45) is 5.92 Å². The smallest absolute Gasteiger partial charge is 0.269 e. The molecule has 0 aliphatic heterocycles. The van der Waals surface area contributed by atoms with Crippen molar-refractivity contribution in [3.63, 3.8) is 0 Å². The van der Waals surface area contributed by atoms with Crippen LogP contribution in [0.2, 0.25) is 0 Å². The quantitative estimate of drug-likeness (QED) is 0.508. The Morgan fingerprint density at radius 2 is 1.93 bits per heavy atom. The van der Waals surface area contributed by atoms with E-state index in [9.17, 15) is 4.79 Å². The summed E-state index contributed by atoms with van der Waals surface area (Å²) in [5.74, 6) is -0.0686. The molecule has 0 fully saturated rings. The summed E-state index contributed by atoms with van der Waals surface area (Å²) in [6, 6.07) is 0. The molecule has 1 atom stereocenters. The van der Waals surface area contributed by atoms with Crippen LogP contribution in [0.3, 0.4) is 0 Å². The minimum absolute atomic E-state index is 0.320. The molecule has 0 aromatic rings. The minimum Gasteiger partial charge on any atom is -0.269 e. The summed E-state index contributed by atoms with van der Waals surface area (Å²) in [7, 11) is 0. The molecule has 0 heterocycles. The fourth-order valence-electron chi connectivity index (χ4n) is 1.07. The highest BCUT2D eigenvalue weighted by atomic mass is 17.5. The highest BCUT2D eigenvalue weighted by Crippen LogP contribution is 2.12. The van der Waals surface area contributed by atoms with E-state index in [0.717, 1.165) is 12.8 Å². The van der Waals surface area contributed by atoms with Gasteiger partial charge in [0.25, 0.3) is 0 Å². The summed E-state index contributed by atoms with van der Waals surface area (Å²) < 4.78 is 0. The SMILES string of the molecule is CCCC(C)CC(=O)OOOC(C)(C)C. The van der Waals surface area contributed by atoms with Gasteiger partial charge in [0.05, 0.1) is 12.0 Å². The lowest BCUT2D eigenvalue weighted by molar-refractivity contribution is -0.514. The largest absolute Gasteiger partial charge is 0.345 e. The summed E-state index contributed by atoms with van der Waals surface area (Å²) >= 11 is 0. The van der Waals surface area contributed by atoms with Crippen molar-refractivity contribution in [2.75, 3.05) is 0 Å². The molecule has 1 unspecified atom stereocenters. The molecule has 4 nitrogen and oxygen atoms in total. The normalized spacial score (nSPS) is 13.7. The monoisotopic (exact) mass is 218 g/mol. The zero-order valence-electron chi connectivity index (χ0n) is 10.3. The molecule has 0 aromatic carbocycles. The molecule has 0 amide bonds. The fraction of sp³-hybridized carbons (Fsp3) is 0.909. The minimum atomic E-state index is -0.477. The van der Waals surface area contributed by atoms with Gasteiger partial charge in [0.15, 0.2) is 0 Å². The molecule has 0 radical (unpaired) electrons. The third kappa shape index (κ3) is 9.69. The van der Waals surface area contributed by atoms with E-state index in [4.69, 9.17) is 4.89 Å². The fourth-order valence-corrected chi connectivity index (χ4v) is 1.07. The van der Waals surface area contributed by atoms with Crippen LogP contribution in [0.4, 0.5) is 0 Å². The highest BCUT2D eigenvalue weighted by Gasteiger charge is 2.15. The predicted octanol–water partition coefficient (Wildman–Crippen LogP) is 3.02. The first-order valence-corrected chi connectivity index (χ1v) is 5.40. The molecule has 0 N–H and O–H groups in total. The average molecular weight is 218 g/mol. The van der Waals surface area contributed by atoms with Crippen LogP contribution in [0.25, 0.3) is 0 Å². The molecule has 0 saturated carbocycles. The van der Waals surface area contributed by atoms with Crippen molar-refractivity contribution >= 4 is 5.97 Å². The van der Waals surface area contributed by atoms with E-state index >= 15 is 0 Å². The Kier molecular flexibility index (Phi) is 6.52. The summed E-state index contributed by atoms with van der Waals surface area (Å²) in [5.41, 5.74) is -0.477. The van der Waals surface area contributed by atoms with Gasteiger partial charge in [0.1, 0.15) is 0 Å². The molecular formula is C11H22O4. The zero-order chi connectivity index (χ0) is 11.9. The van der Waals surface area contributed by atoms with E-state index in [1.807, 2.05) is 6.92 Å². The van der Waals surface area contributed by atoms with Crippen LogP contribution in [0.1, 0.15) is 53.9 Å². The summed E-state index contributed by atoms with van der Waals surface area (Å²) in [5, 5.41) is 4.39. The van der Waals surface area contributed by atoms with E-state index in [-0.39, 0.29) is 5.97 Å². The van der Waals surface area contributed by atoms with Crippen LogP contribution in [0.5, 0.6) is 0 Å². The van der Waals surface area contributed by atoms with Crippen molar-refractivity contribution in [2.45, 2.75) is 59.5 Å². The van der Waals surface area contributed by atoms with Gasteiger partial charge < -0.3 is 0 Å². The Balaban J connectivity index is 3.58. The molecule has 0 bridgehead atoms. The predicted molar refractivity (Wildman–Crippen MR) is 56.7 cm³/mol. The Bertz CT molecular complexity index is 184. The lowest BCUT2D eigenvalue weighted by Gasteiger charge is -2.15. The second-order valence-electron chi connectivity index (χ2n) is 4.82. The third-order valence-electron chi connectivity index (χ3n) is 1.71. The van der Waals surface area contributed by atoms with Gasteiger partial charge in [-0.05, 0) is 31.7 Å². The van der Waals surface area contributed by atoms with Gasteiger partial charge in [-0.1, -0.05) is 26.7 Å². The first kappa shape index (κ1) is 14.4. The Morgan fingerprint density at radius 3 is 2.40 bits per heavy atom. The van der Waals surface area contributed by atoms with E-state index < -0.39 is 5.60 Å². The maximum absolute atomic E-state index is 11.2. The molecular weight excluding hydrogens is 196 g/mol. The summed E-state index contributed by atoms with van der Waals surface area (Å²) in [6.45, 7) is 9.51. The van der Waals surface area contributed by atoms with Crippen LogP contribution in [0, 0.1) is 5.92 Å². The van der Waals surface area contributed by atoms with E-state index in [1.54, 1.807) is 20.8 Å². The molecule has 0 saturated heterocycles. The topological polar surface area (TPSA) is 44.8 Å². The maximum Gasteiger partial charge on any atom is 0.345 e. The first-order chi connectivity index (χ1) is 6.85. The van der Waals surface area contributed by atoms with Gasteiger partial charge in [0.2, 0.25) is 0 Å². The number of carbonyl (C=O) groups excluding carboxylic acids is 1. The Hall–Kier alpha value is -0.610. The van der Waals surface area contributed by atoms with Crippen LogP contribution in [0.15, 0.2) is 0 Å². The van der Waals surface area contributed by atoms with Gasteiger partial charge in [-0.3, -0.25) is 4.89 Å². The zero-order valence-corrected chi connectivity index (χ0v) is 10.3. The van der Waals surface area contributed by atoms with Crippen molar-refractivity contribution in [3.8, 4) is 0 Å². The number of hydrogen-bond acceptors (Lipinski definition) is 4. The third-order valence-corrected chi connectivity index (χ3v) is 1.71. The number of rotatable bonds is 6. The molecule has 0 aromatic heterocycles. The number of hydrogen-bond donors (Lipinski definition) is 0. The van der Waals surface area contributed by atoms with Gasteiger partial charge >= 0.3 is 5.97 Å². The Morgan fingerprint density at radius 1 is 1.33 bits per heavy atom. The van der Waals surface area contributed by atoms with Crippen LogP contribution >= 0.6 is 0 Å². The van der Waals surface area contributed by atoms with Crippen molar-refractivity contribution in [3.05, 3.63) is 0 Å². The maximum atomic E-state index is 11.2. The van der Waals surface area contributed by atoms with E-state index in [2.05, 4.69) is 16.8 Å². The molecule has 0 spiro atoms. The molecule has 0 rings (SSSR count). The van der Waals surface area contributed by atoms with Gasteiger partial charge in [-0.15, -0.1) is 0 Å². The lowest BCUT2D eigenvalue weighted by atomic mass is 10.0. The lowest BCUT2D eigenvalue weighted by Crippen LogP contribution is -2.21. The Labute approximate surface area is 91.7 Å². The highest BCUT2D eigenvalue weighted by molar-refractivity contribution is 5.68. The summed E-state index contributed by atoms with van der Waals surface area (Å²) in [4.78, 5) is 20.5. The molecule has 15 heavy (non-hydrogen) atoms. The van der Waals surface area contributed by atoms with Gasteiger partial charge in [-0.2, -0.15) is 4.89 Å². The van der Waals surface area contributed by atoms with Crippen molar-refractivity contribution in [1.29, 1.82) is 0 Å². The first-order valence-electron chi connectivity index (χ1n) is 5.40. The van der Waals surface area contributed by atoms with Gasteiger partial charge in [0, 0.05) is 0 Å². The van der Waals surface area contributed by atoms with Crippen LogP contribution in [-0.4, -0.2) is 11.6 Å². The second kappa shape index (κ2) is 6.80. The average Bonchev–Trinajstić information content (AvgIpc) is 2.01. The van der Waals surface area contributed by atoms with E-state index in [0.29, 0.717) is 12.3 Å². The van der Waals surface area contributed by atoms with Crippen LogP contribution in [-0.2, 0) is 19.6 Å². The summed E-state index contributed by atoms with van der Waals surface area (Å²) in [6.07, 6.45) is 2.43. The van der Waals surface area contributed by atoms with E-state index in [1.165, 1.54) is 0 Å². The molecule has 0 aliphatic carbocycles. The standard InChI is InChI=1S/C11H22O4/c1-6-7-9(2)8-10(12)13-15-14-11(3,4)5/h9H,6-8H2,1-5H3. The molecule has 0 aliphatic rings. The van der Waals surface area contributed by atoms with Crippen molar-refractivity contribution < 1.29 is 19.6 Å².